The number of ether oxygens (including phenoxy) is 1. The zero-order valence-electron chi connectivity index (χ0n) is 13.2. The largest absolute Gasteiger partial charge is 0.451 e. The SMILES string of the molecule is CC(=O)c1cc(C(=O)OCc2nnc(-c3ccccc3)o2)n(C)c1. The van der Waals surface area contributed by atoms with Crippen LogP contribution in [-0.4, -0.2) is 26.5 Å². The van der Waals surface area contributed by atoms with Gasteiger partial charge in [0, 0.05) is 24.4 Å². The van der Waals surface area contributed by atoms with Crippen LogP contribution in [0.5, 0.6) is 0 Å². The number of esters is 1. The molecule has 7 nitrogen and oxygen atoms in total. The van der Waals surface area contributed by atoms with Crippen LogP contribution in [0.3, 0.4) is 0 Å². The van der Waals surface area contributed by atoms with E-state index in [4.69, 9.17) is 9.15 Å². The molecule has 0 bridgehead atoms. The summed E-state index contributed by atoms with van der Waals surface area (Å²) in [4.78, 5) is 23.5. The third-order valence-corrected chi connectivity index (χ3v) is 3.43. The van der Waals surface area contributed by atoms with Gasteiger partial charge in [-0.1, -0.05) is 18.2 Å². The Kier molecular flexibility index (Phi) is 4.24. The van der Waals surface area contributed by atoms with Crippen molar-refractivity contribution in [2.24, 2.45) is 7.05 Å². The van der Waals surface area contributed by atoms with Gasteiger partial charge in [-0.15, -0.1) is 10.2 Å². The molecule has 0 fully saturated rings. The van der Waals surface area contributed by atoms with Crippen LogP contribution in [0.15, 0.2) is 47.0 Å². The Morgan fingerprint density at radius 1 is 1.21 bits per heavy atom. The Hall–Kier alpha value is -3.22. The topological polar surface area (TPSA) is 87.2 Å². The van der Waals surface area contributed by atoms with Gasteiger partial charge in [-0.2, -0.15) is 0 Å². The predicted octanol–water partition coefficient (Wildman–Crippen LogP) is 2.63. The standard InChI is InChI=1S/C17H15N3O4/c1-11(21)13-8-14(20(2)9-13)17(22)23-10-15-18-19-16(24-15)12-6-4-3-5-7-12/h3-9H,10H2,1-2H3. The molecule has 0 aliphatic heterocycles. The molecule has 24 heavy (non-hydrogen) atoms. The van der Waals surface area contributed by atoms with Gasteiger partial charge in [-0.3, -0.25) is 4.79 Å². The lowest BCUT2D eigenvalue weighted by molar-refractivity contribution is 0.0427. The summed E-state index contributed by atoms with van der Waals surface area (Å²) in [7, 11) is 1.67. The Labute approximate surface area is 137 Å². The first-order valence-electron chi connectivity index (χ1n) is 7.27. The third-order valence-electron chi connectivity index (χ3n) is 3.43. The van der Waals surface area contributed by atoms with Crippen molar-refractivity contribution in [1.29, 1.82) is 0 Å². The molecule has 2 aromatic heterocycles. The van der Waals surface area contributed by atoms with Crippen LogP contribution >= 0.6 is 0 Å². The number of hydrogen-bond donors (Lipinski definition) is 0. The van der Waals surface area contributed by atoms with Gasteiger partial charge in [0.2, 0.25) is 5.89 Å². The second-order valence-corrected chi connectivity index (χ2v) is 5.22. The van der Waals surface area contributed by atoms with E-state index in [1.54, 1.807) is 17.8 Å². The quantitative estimate of drug-likeness (QED) is 0.529. The molecule has 0 saturated heterocycles. The van der Waals surface area contributed by atoms with Gasteiger partial charge in [0.15, 0.2) is 12.4 Å². The van der Waals surface area contributed by atoms with Gasteiger partial charge < -0.3 is 13.7 Å². The molecule has 0 unspecified atom stereocenters. The summed E-state index contributed by atoms with van der Waals surface area (Å²) in [6.07, 6.45) is 1.58. The minimum absolute atomic E-state index is 0.117. The summed E-state index contributed by atoms with van der Waals surface area (Å²) in [5, 5.41) is 7.78. The van der Waals surface area contributed by atoms with E-state index in [9.17, 15) is 9.59 Å². The number of Topliss-reactive ketones (excluding diaryl/α,β-unsaturated/α-hetero) is 1. The Bertz CT molecular complexity index is 880. The van der Waals surface area contributed by atoms with Crippen molar-refractivity contribution in [3.05, 3.63) is 59.7 Å². The zero-order valence-corrected chi connectivity index (χ0v) is 13.2. The van der Waals surface area contributed by atoms with E-state index < -0.39 is 5.97 Å². The van der Waals surface area contributed by atoms with Crippen molar-refractivity contribution in [3.63, 3.8) is 0 Å². The highest BCUT2D eigenvalue weighted by Gasteiger charge is 2.17. The number of ketones is 1. The van der Waals surface area contributed by atoms with E-state index in [-0.39, 0.29) is 24.0 Å². The number of carbonyl (C=O) groups excluding carboxylic acids is 2. The average Bonchev–Trinajstić information content (AvgIpc) is 3.20. The molecular formula is C17H15N3O4. The van der Waals surface area contributed by atoms with Gasteiger partial charge in [-0.05, 0) is 25.1 Å². The molecular weight excluding hydrogens is 310 g/mol. The van der Waals surface area contributed by atoms with Gasteiger partial charge >= 0.3 is 5.97 Å². The summed E-state index contributed by atoms with van der Waals surface area (Å²) < 4.78 is 12.2. The summed E-state index contributed by atoms with van der Waals surface area (Å²) in [5.41, 5.74) is 1.52. The van der Waals surface area contributed by atoms with E-state index in [1.165, 1.54) is 13.0 Å². The average molecular weight is 325 g/mol. The van der Waals surface area contributed by atoms with Gasteiger partial charge in [0.05, 0.1) is 0 Å². The lowest BCUT2D eigenvalue weighted by Gasteiger charge is -2.02. The third kappa shape index (κ3) is 3.24. The molecule has 0 N–H and O–H groups in total. The molecule has 0 radical (unpaired) electrons. The van der Waals surface area contributed by atoms with E-state index in [1.807, 2.05) is 30.3 Å². The lowest BCUT2D eigenvalue weighted by Crippen LogP contribution is -2.09. The van der Waals surface area contributed by atoms with Crippen LogP contribution in [0.1, 0.15) is 33.7 Å². The molecule has 3 aromatic rings. The smallest absolute Gasteiger partial charge is 0.355 e. The van der Waals surface area contributed by atoms with Crippen LogP contribution in [0.25, 0.3) is 11.5 Å². The maximum atomic E-state index is 12.1. The second-order valence-electron chi connectivity index (χ2n) is 5.22. The van der Waals surface area contributed by atoms with E-state index in [0.717, 1.165) is 5.56 Å². The highest BCUT2D eigenvalue weighted by molar-refractivity contribution is 5.97. The van der Waals surface area contributed by atoms with E-state index in [0.29, 0.717) is 11.5 Å². The maximum absolute atomic E-state index is 12.1. The molecule has 0 aliphatic rings. The second kappa shape index (κ2) is 6.49. The van der Waals surface area contributed by atoms with Gasteiger partial charge in [-0.25, -0.2) is 4.79 Å². The normalized spacial score (nSPS) is 10.6. The number of carbonyl (C=O) groups is 2. The fourth-order valence-corrected chi connectivity index (χ4v) is 2.17. The first-order valence-corrected chi connectivity index (χ1v) is 7.27. The van der Waals surface area contributed by atoms with Gasteiger partial charge in [0.25, 0.3) is 5.89 Å². The first kappa shape index (κ1) is 15.7. The molecule has 2 heterocycles. The number of nitrogens with zero attached hydrogens (tertiary/aromatic N) is 3. The maximum Gasteiger partial charge on any atom is 0.355 e. The van der Waals surface area contributed by atoms with Crippen LogP contribution in [-0.2, 0) is 18.4 Å². The van der Waals surface area contributed by atoms with Crippen molar-refractivity contribution in [1.82, 2.24) is 14.8 Å². The summed E-state index contributed by atoms with van der Waals surface area (Å²) in [5.74, 6) is -0.124. The monoisotopic (exact) mass is 325 g/mol. The van der Waals surface area contributed by atoms with Crippen molar-refractivity contribution in [2.45, 2.75) is 13.5 Å². The first-order chi connectivity index (χ1) is 11.5. The molecule has 122 valence electrons. The summed E-state index contributed by atoms with van der Waals surface area (Å²) in [6, 6.07) is 10.8. The van der Waals surface area contributed by atoms with E-state index >= 15 is 0 Å². The molecule has 3 rings (SSSR count). The number of rotatable bonds is 5. The fourth-order valence-electron chi connectivity index (χ4n) is 2.17. The van der Waals surface area contributed by atoms with Gasteiger partial charge in [0.1, 0.15) is 5.69 Å². The highest BCUT2D eigenvalue weighted by Crippen LogP contribution is 2.17. The number of benzene rings is 1. The fraction of sp³-hybridized carbons (Fsp3) is 0.176. The Morgan fingerprint density at radius 2 is 1.96 bits per heavy atom. The Balaban J connectivity index is 1.67. The molecule has 1 aromatic carbocycles. The molecule has 0 atom stereocenters. The summed E-state index contributed by atoms with van der Waals surface area (Å²) in [6.45, 7) is 1.30. The van der Waals surface area contributed by atoms with Crippen LogP contribution in [0.2, 0.25) is 0 Å². The minimum atomic E-state index is -0.565. The molecule has 7 heteroatoms. The lowest BCUT2D eigenvalue weighted by atomic mass is 10.2. The zero-order chi connectivity index (χ0) is 17.1. The molecule has 0 spiro atoms. The Morgan fingerprint density at radius 3 is 2.62 bits per heavy atom. The van der Waals surface area contributed by atoms with Crippen molar-refractivity contribution < 1.29 is 18.7 Å². The number of aromatic nitrogens is 3. The van der Waals surface area contributed by atoms with Crippen LogP contribution in [0, 0.1) is 0 Å². The van der Waals surface area contributed by atoms with E-state index in [2.05, 4.69) is 10.2 Å². The van der Waals surface area contributed by atoms with Crippen LogP contribution in [0.4, 0.5) is 0 Å². The molecule has 0 amide bonds. The summed E-state index contributed by atoms with van der Waals surface area (Å²) >= 11 is 0. The predicted molar refractivity (Wildman–Crippen MR) is 84.3 cm³/mol. The van der Waals surface area contributed by atoms with Crippen molar-refractivity contribution >= 4 is 11.8 Å². The number of hydrogen-bond acceptors (Lipinski definition) is 6. The molecule has 0 saturated carbocycles. The number of aryl methyl sites for hydroxylation is 1. The van der Waals surface area contributed by atoms with Crippen LogP contribution < -0.4 is 0 Å². The van der Waals surface area contributed by atoms with Crippen molar-refractivity contribution in [3.8, 4) is 11.5 Å². The van der Waals surface area contributed by atoms with Crippen molar-refractivity contribution in [2.75, 3.05) is 0 Å². The highest BCUT2D eigenvalue weighted by atomic mass is 16.5. The minimum Gasteiger partial charge on any atom is -0.451 e. The molecule has 0 aliphatic carbocycles.